The predicted molar refractivity (Wildman–Crippen MR) is 84.4 cm³/mol. The van der Waals surface area contributed by atoms with Crippen LogP contribution in [0.1, 0.15) is 84.5 Å². The number of unbranched alkanes of at least 4 members (excludes halogenated alkanes) is 9. The first kappa shape index (κ1) is 19.9. The molecule has 0 aliphatic heterocycles. The molecule has 0 aliphatic carbocycles. The van der Waals surface area contributed by atoms with Crippen LogP contribution in [-0.2, 0) is 9.59 Å². The first-order chi connectivity index (χ1) is 10.0. The van der Waals surface area contributed by atoms with Crippen molar-refractivity contribution in [3.8, 4) is 0 Å². The van der Waals surface area contributed by atoms with Crippen LogP contribution in [0.3, 0.4) is 0 Å². The Hall–Kier alpha value is -1.06. The molecule has 0 amide bonds. The smallest absolute Gasteiger partial charge is 0.307 e. The van der Waals surface area contributed by atoms with Gasteiger partial charge in [0.05, 0.1) is 11.8 Å². The van der Waals surface area contributed by atoms with E-state index in [1.165, 1.54) is 51.9 Å². The van der Waals surface area contributed by atoms with E-state index in [1.807, 2.05) is 0 Å². The molecule has 0 bridgehead atoms. The van der Waals surface area contributed by atoms with Crippen molar-refractivity contribution < 1.29 is 19.8 Å². The van der Waals surface area contributed by atoms with Crippen LogP contribution in [0.2, 0.25) is 0 Å². The molecule has 0 radical (unpaired) electrons. The Balaban J connectivity index is 3.59. The molecule has 0 saturated carbocycles. The summed E-state index contributed by atoms with van der Waals surface area (Å²) in [4.78, 5) is 21.9. The number of rotatable bonds is 14. The molecule has 2 N–H and O–H groups in total. The predicted octanol–water partition coefficient (Wildman–Crippen LogP) is 4.72. The second kappa shape index (κ2) is 12.7. The number of aliphatic carboxylic acids is 2. The van der Waals surface area contributed by atoms with Crippen molar-refractivity contribution in [2.75, 3.05) is 0 Å². The van der Waals surface area contributed by atoms with Crippen molar-refractivity contribution in [3.05, 3.63) is 0 Å². The molecule has 0 rings (SSSR count). The van der Waals surface area contributed by atoms with E-state index in [2.05, 4.69) is 6.92 Å². The highest BCUT2D eigenvalue weighted by atomic mass is 16.4. The van der Waals surface area contributed by atoms with Crippen molar-refractivity contribution in [3.63, 3.8) is 0 Å². The Kier molecular flexibility index (Phi) is 12.0. The molecule has 0 saturated heterocycles. The van der Waals surface area contributed by atoms with Gasteiger partial charge >= 0.3 is 11.9 Å². The van der Waals surface area contributed by atoms with Crippen molar-refractivity contribution >= 4 is 11.9 Å². The van der Waals surface area contributed by atoms with Crippen LogP contribution in [-0.4, -0.2) is 22.2 Å². The monoisotopic (exact) mass is 300 g/mol. The third kappa shape index (κ3) is 10.3. The van der Waals surface area contributed by atoms with Crippen LogP contribution in [0, 0.1) is 11.8 Å². The third-order valence-corrected chi connectivity index (χ3v) is 4.18. The topological polar surface area (TPSA) is 74.6 Å². The van der Waals surface area contributed by atoms with Gasteiger partial charge in [-0.2, -0.15) is 0 Å². The average Bonchev–Trinajstić information content (AvgIpc) is 2.43. The highest BCUT2D eigenvalue weighted by Crippen LogP contribution is 2.20. The first-order valence-electron chi connectivity index (χ1n) is 8.46. The lowest BCUT2D eigenvalue weighted by Crippen LogP contribution is -2.27. The number of hydrogen-bond donors (Lipinski definition) is 2. The van der Waals surface area contributed by atoms with Gasteiger partial charge in [0.2, 0.25) is 0 Å². The fourth-order valence-electron chi connectivity index (χ4n) is 2.61. The summed E-state index contributed by atoms with van der Waals surface area (Å²) >= 11 is 0. The maximum Gasteiger partial charge on any atom is 0.307 e. The molecule has 0 aromatic carbocycles. The molecule has 0 fully saturated rings. The summed E-state index contributed by atoms with van der Waals surface area (Å²) in [6.45, 7) is 3.70. The van der Waals surface area contributed by atoms with Crippen LogP contribution in [0.4, 0.5) is 0 Å². The summed E-state index contributed by atoms with van der Waals surface area (Å²) in [5.74, 6) is -3.56. The molecular formula is C17H32O4. The van der Waals surface area contributed by atoms with Gasteiger partial charge in [-0.3, -0.25) is 9.59 Å². The van der Waals surface area contributed by atoms with Gasteiger partial charge in [-0.25, -0.2) is 0 Å². The fourth-order valence-corrected chi connectivity index (χ4v) is 2.61. The van der Waals surface area contributed by atoms with E-state index in [0.29, 0.717) is 6.42 Å². The zero-order valence-electron chi connectivity index (χ0n) is 13.6. The zero-order valence-corrected chi connectivity index (χ0v) is 13.6. The molecule has 0 aromatic heterocycles. The lowest BCUT2D eigenvalue weighted by Gasteiger charge is -2.16. The van der Waals surface area contributed by atoms with Gasteiger partial charge < -0.3 is 10.2 Å². The maximum absolute atomic E-state index is 11.1. The second-order valence-electron chi connectivity index (χ2n) is 6.04. The van der Waals surface area contributed by atoms with E-state index in [9.17, 15) is 9.59 Å². The summed E-state index contributed by atoms with van der Waals surface area (Å²) in [6, 6.07) is 0. The van der Waals surface area contributed by atoms with Crippen LogP contribution in [0.15, 0.2) is 0 Å². The van der Waals surface area contributed by atoms with Gasteiger partial charge in [0, 0.05) is 0 Å². The largest absolute Gasteiger partial charge is 0.481 e. The minimum Gasteiger partial charge on any atom is -0.481 e. The van der Waals surface area contributed by atoms with E-state index in [0.717, 1.165) is 19.3 Å². The van der Waals surface area contributed by atoms with Crippen molar-refractivity contribution in [1.29, 1.82) is 0 Å². The van der Waals surface area contributed by atoms with E-state index >= 15 is 0 Å². The molecule has 4 heteroatoms. The summed E-state index contributed by atoms with van der Waals surface area (Å²) in [6.07, 6.45) is 12.5. The van der Waals surface area contributed by atoms with E-state index in [4.69, 9.17) is 10.2 Å². The Morgan fingerprint density at radius 1 is 0.762 bits per heavy atom. The van der Waals surface area contributed by atoms with Gasteiger partial charge in [-0.05, 0) is 6.42 Å². The molecule has 21 heavy (non-hydrogen) atoms. The van der Waals surface area contributed by atoms with E-state index in [-0.39, 0.29) is 0 Å². The molecular weight excluding hydrogens is 268 g/mol. The molecule has 0 unspecified atom stereocenters. The lowest BCUT2D eigenvalue weighted by molar-refractivity contribution is -0.153. The Morgan fingerprint density at radius 2 is 1.19 bits per heavy atom. The highest BCUT2D eigenvalue weighted by Gasteiger charge is 2.29. The normalized spacial score (nSPS) is 13.8. The molecule has 0 aromatic rings. The van der Waals surface area contributed by atoms with Crippen LogP contribution < -0.4 is 0 Å². The Labute approximate surface area is 128 Å². The maximum atomic E-state index is 11.1. The number of carboxylic acids is 2. The summed E-state index contributed by atoms with van der Waals surface area (Å²) in [5.41, 5.74) is 0. The fraction of sp³-hybridized carbons (Fsp3) is 0.882. The van der Waals surface area contributed by atoms with Gasteiger partial charge in [0.15, 0.2) is 0 Å². The Morgan fingerprint density at radius 3 is 1.57 bits per heavy atom. The number of carboxylic acid groups (broad SMARTS) is 2. The summed E-state index contributed by atoms with van der Waals surface area (Å²) in [5, 5.41) is 18.0. The lowest BCUT2D eigenvalue weighted by atomic mass is 9.89. The zero-order chi connectivity index (χ0) is 16.1. The summed E-state index contributed by atoms with van der Waals surface area (Å²) < 4.78 is 0. The van der Waals surface area contributed by atoms with Gasteiger partial charge in [0.25, 0.3) is 0 Å². The quantitative estimate of drug-likeness (QED) is 0.455. The number of carbonyl (C=O) groups is 2. The van der Waals surface area contributed by atoms with Gasteiger partial charge in [-0.1, -0.05) is 78.1 Å². The first-order valence-corrected chi connectivity index (χ1v) is 8.46. The molecule has 0 aliphatic rings. The molecule has 124 valence electrons. The molecule has 0 spiro atoms. The standard InChI is InChI=1S/C17H32O4/c1-3-4-5-6-7-8-9-10-11-12-13-15(17(20)21)14(2)16(18)19/h14-15H,3-13H2,1-2H3,(H,18,19)(H,20,21)/t14-,15+/m0/s1. The molecule has 0 heterocycles. The van der Waals surface area contributed by atoms with E-state index in [1.54, 1.807) is 0 Å². The highest BCUT2D eigenvalue weighted by molar-refractivity contribution is 5.79. The SMILES string of the molecule is CCCCCCCCCCCC[C@@H](C(=O)O)[C@H](C)C(=O)O. The van der Waals surface area contributed by atoms with Crippen LogP contribution in [0.25, 0.3) is 0 Å². The van der Waals surface area contributed by atoms with E-state index < -0.39 is 23.8 Å². The minimum atomic E-state index is -1.02. The molecule has 2 atom stereocenters. The van der Waals surface area contributed by atoms with Gasteiger partial charge in [-0.15, -0.1) is 0 Å². The molecule has 4 nitrogen and oxygen atoms in total. The van der Waals surface area contributed by atoms with Crippen molar-refractivity contribution in [2.45, 2.75) is 84.5 Å². The minimum absolute atomic E-state index is 0.472. The van der Waals surface area contributed by atoms with Crippen molar-refractivity contribution in [1.82, 2.24) is 0 Å². The average molecular weight is 300 g/mol. The third-order valence-electron chi connectivity index (χ3n) is 4.18. The Bertz CT molecular complexity index is 289. The second-order valence-corrected chi connectivity index (χ2v) is 6.04. The van der Waals surface area contributed by atoms with Crippen LogP contribution >= 0.6 is 0 Å². The number of hydrogen-bond acceptors (Lipinski definition) is 2. The van der Waals surface area contributed by atoms with Gasteiger partial charge in [0.1, 0.15) is 0 Å². The van der Waals surface area contributed by atoms with Crippen molar-refractivity contribution in [2.24, 2.45) is 11.8 Å². The summed E-state index contributed by atoms with van der Waals surface area (Å²) in [7, 11) is 0. The van der Waals surface area contributed by atoms with Crippen LogP contribution in [0.5, 0.6) is 0 Å².